The van der Waals surface area contributed by atoms with E-state index >= 15 is 0 Å². The Morgan fingerprint density at radius 1 is 1.11 bits per heavy atom. The Bertz CT molecular complexity index is 1260. The fourth-order valence-electron chi connectivity index (χ4n) is 4.92. The first-order valence-electron chi connectivity index (χ1n) is 13.1. The second kappa shape index (κ2) is 10.6. The number of rotatable bonds is 9. The molecule has 2 N–H and O–H groups in total. The second-order valence-electron chi connectivity index (χ2n) is 10.1. The molecular formula is C29H34N4O3. The molecule has 2 aliphatic rings. The van der Waals surface area contributed by atoms with Crippen molar-refractivity contribution >= 4 is 22.7 Å². The highest BCUT2D eigenvalue weighted by Gasteiger charge is 2.28. The zero-order valence-corrected chi connectivity index (χ0v) is 21.0. The third-order valence-corrected chi connectivity index (χ3v) is 7.18. The van der Waals surface area contributed by atoms with Gasteiger partial charge in [-0.3, -0.25) is 5.32 Å². The number of hydrogen-bond donors (Lipinski definition) is 2. The van der Waals surface area contributed by atoms with Crippen LogP contribution in [0.2, 0.25) is 0 Å². The number of fused-ring (bicyclic) bond motifs is 1. The summed E-state index contributed by atoms with van der Waals surface area (Å²) >= 11 is 0. The lowest BCUT2D eigenvalue weighted by atomic mass is 9.92. The van der Waals surface area contributed by atoms with Crippen LogP contribution in [-0.4, -0.2) is 36.0 Å². The largest absolute Gasteiger partial charge is 0.492 e. The number of amides is 1. The molecule has 0 atom stereocenters. The maximum Gasteiger partial charge on any atom is 0.411 e. The van der Waals surface area contributed by atoms with Crippen LogP contribution in [0.4, 0.5) is 10.5 Å². The van der Waals surface area contributed by atoms with E-state index in [1.807, 2.05) is 50.2 Å². The number of nitrogens with zero attached hydrogens (tertiary/aromatic N) is 2. The minimum atomic E-state index is -0.477. The summed E-state index contributed by atoms with van der Waals surface area (Å²) in [4.78, 5) is 12.0. The first-order valence-corrected chi connectivity index (χ1v) is 13.1. The fourth-order valence-corrected chi connectivity index (χ4v) is 4.92. The van der Waals surface area contributed by atoms with Gasteiger partial charge in [-0.1, -0.05) is 18.6 Å². The van der Waals surface area contributed by atoms with Gasteiger partial charge in [0.1, 0.15) is 18.4 Å². The van der Waals surface area contributed by atoms with Crippen molar-refractivity contribution in [1.29, 1.82) is 5.26 Å². The number of carbonyl (C=O) groups is 1. The number of nitrogens with one attached hydrogen (secondary N) is 2. The molecule has 2 fully saturated rings. The number of hydrogen-bond acceptors (Lipinski definition) is 5. The highest BCUT2D eigenvalue weighted by atomic mass is 16.6. The zero-order chi connectivity index (χ0) is 25.1. The number of carbonyl (C=O) groups excluding carboxylic acids is 1. The first-order chi connectivity index (χ1) is 17.5. The topological polar surface area (TPSA) is 88.3 Å². The first kappa shape index (κ1) is 24.2. The van der Waals surface area contributed by atoms with Gasteiger partial charge < -0.3 is 19.4 Å². The quantitative estimate of drug-likeness (QED) is 0.343. The van der Waals surface area contributed by atoms with Gasteiger partial charge in [0.25, 0.3) is 0 Å². The number of nitriles is 1. The lowest BCUT2D eigenvalue weighted by Crippen LogP contribution is -2.37. The molecule has 2 aliphatic carbocycles. The molecule has 36 heavy (non-hydrogen) atoms. The molecule has 1 aromatic heterocycles. The van der Waals surface area contributed by atoms with Crippen LogP contribution in [0.5, 0.6) is 5.75 Å². The molecule has 1 amide bonds. The molecule has 3 aromatic rings. The van der Waals surface area contributed by atoms with Gasteiger partial charge >= 0.3 is 6.09 Å². The molecule has 0 saturated heterocycles. The molecule has 0 spiro atoms. The molecule has 5 rings (SSSR count). The number of aromatic nitrogens is 1. The predicted octanol–water partition coefficient (Wildman–Crippen LogP) is 6.38. The summed E-state index contributed by atoms with van der Waals surface area (Å²) < 4.78 is 13.6. The monoisotopic (exact) mass is 486 g/mol. The van der Waals surface area contributed by atoms with E-state index in [1.54, 1.807) is 0 Å². The van der Waals surface area contributed by atoms with Gasteiger partial charge in [0, 0.05) is 35.8 Å². The summed E-state index contributed by atoms with van der Waals surface area (Å²) in [5.74, 6) is 0.829. The van der Waals surface area contributed by atoms with Crippen molar-refractivity contribution in [1.82, 2.24) is 9.88 Å². The lowest BCUT2D eigenvalue weighted by molar-refractivity contribution is 0.130. The molecule has 2 aromatic carbocycles. The molecule has 2 saturated carbocycles. The third kappa shape index (κ3) is 5.05. The van der Waals surface area contributed by atoms with Gasteiger partial charge in [-0.15, -0.1) is 0 Å². The van der Waals surface area contributed by atoms with Gasteiger partial charge in [0.2, 0.25) is 0 Å². The molecule has 1 heterocycles. The molecule has 188 valence electrons. The van der Waals surface area contributed by atoms with Gasteiger partial charge in [-0.25, -0.2) is 4.79 Å². The van der Waals surface area contributed by atoms with Crippen LogP contribution in [0.15, 0.2) is 42.5 Å². The van der Waals surface area contributed by atoms with Crippen LogP contribution < -0.4 is 15.4 Å². The standard InChI is InChI=1S/C29H34N4O3/c1-19(2)36-29(34)32-22-11-9-20(10-12-22)28-26(18-30)25-14-13-24(35-16-15-31-21-5-3-6-21)17-27(25)33(28)23-7-4-8-23/h9-14,17,19,21,23,31H,3-8,15-16H2,1-2H3,(H,32,34). The van der Waals surface area contributed by atoms with Crippen molar-refractivity contribution in [3.05, 3.63) is 48.0 Å². The number of anilines is 1. The van der Waals surface area contributed by atoms with Crippen molar-refractivity contribution in [3.63, 3.8) is 0 Å². The summed E-state index contributed by atoms with van der Waals surface area (Å²) in [5.41, 5.74) is 4.25. The molecule has 0 bridgehead atoms. The smallest absolute Gasteiger partial charge is 0.411 e. The lowest BCUT2D eigenvalue weighted by Gasteiger charge is -2.30. The Labute approximate surface area is 212 Å². The van der Waals surface area contributed by atoms with Crippen molar-refractivity contribution in [2.45, 2.75) is 70.6 Å². The van der Waals surface area contributed by atoms with Crippen LogP contribution in [0, 0.1) is 11.3 Å². The Balaban J connectivity index is 1.43. The summed E-state index contributed by atoms with van der Waals surface area (Å²) in [5, 5.41) is 17.4. The second-order valence-corrected chi connectivity index (χ2v) is 10.1. The van der Waals surface area contributed by atoms with Crippen molar-refractivity contribution < 1.29 is 14.3 Å². The summed E-state index contributed by atoms with van der Waals surface area (Å²) in [6, 6.07) is 17.2. The van der Waals surface area contributed by atoms with Crippen LogP contribution in [-0.2, 0) is 4.74 Å². The molecule has 7 nitrogen and oxygen atoms in total. The Kier molecular flexibility index (Phi) is 7.15. The maximum absolute atomic E-state index is 12.0. The van der Waals surface area contributed by atoms with E-state index in [0.29, 0.717) is 29.9 Å². The minimum absolute atomic E-state index is 0.187. The summed E-state index contributed by atoms with van der Waals surface area (Å²) in [6.07, 6.45) is 6.57. The fraction of sp³-hybridized carbons (Fsp3) is 0.448. The summed E-state index contributed by atoms with van der Waals surface area (Å²) in [6.45, 7) is 5.09. The van der Waals surface area contributed by atoms with Gasteiger partial charge in [-0.2, -0.15) is 5.26 Å². The van der Waals surface area contributed by atoms with E-state index in [-0.39, 0.29) is 6.10 Å². The van der Waals surface area contributed by atoms with Crippen molar-refractivity contribution in [3.8, 4) is 23.1 Å². The molecular weight excluding hydrogens is 452 g/mol. The normalized spacial score (nSPS) is 15.8. The van der Waals surface area contributed by atoms with E-state index in [2.05, 4.69) is 27.3 Å². The SMILES string of the molecule is CC(C)OC(=O)Nc1ccc(-c2c(C#N)c3ccc(OCCNC4CCC4)cc3n2C2CCC2)cc1. The van der Waals surface area contributed by atoms with Crippen molar-refractivity contribution in [2.75, 3.05) is 18.5 Å². The predicted molar refractivity (Wildman–Crippen MR) is 141 cm³/mol. The van der Waals surface area contributed by atoms with E-state index in [1.165, 1.54) is 25.7 Å². The van der Waals surface area contributed by atoms with Crippen LogP contribution in [0.25, 0.3) is 22.2 Å². The van der Waals surface area contributed by atoms with E-state index < -0.39 is 6.09 Å². The summed E-state index contributed by atoms with van der Waals surface area (Å²) in [7, 11) is 0. The van der Waals surface area contributed by atoms with Crippen molar-refractivity contribution in [2.24, 2.45) is 0 Å². The Morgan fingerprint density at radius 2 is 1.86 bits per heavy atom. The van der Waals surface area contributed by atoms with Crippen LogP contribution in [0.3, 0.4) is 0 Å². The highest BCUT2D eigenvalue weighted by Crippen LogP contribution is 2.43. The van der Waals surface area contributed by atoms with Crippen LogP contribution in [0.1, 0.15) is 64.0 Å². The Hall–Kier alpha value is -3.50. The highest BCUT2D eigenvalue weighted by molar-refractivity contribution is 5.96. The van der Waals surface area contributed by atoms with Gasteiger partial charge in [0.15, 0.2) is 0 Å². The van der Waals surface area contributed by atoms with Gasteiger partial charge in [0.05, 0.1) is 22.9 Å². The average Bonchev–Trinajstić information content (AvgIpc) is 3.10. The number of benzene rings is 2. The maximum atomic E-state index is 12.0. The molecule has 0 unspecified atom stereocenters. The average molecular weight is 487 g/mol. The third-order valence-electron chi connectivity index (χ3n) is 7.18. The molecule has 0 radical (unpaired) electrons. The minimum Gasteiger partial charge on any atom is -0.492 e. The Morgan fingerprint density at radius 3 is 2.47 bits per heavy atom. The van der Waals surface area contributed by atoms with E-state index in [0.717, 1.165) is 47.3 Å². The molecule has 0 aliphatic heterocycles. The van der Waals surface area contributed by atoms with E-state index in [9.17, 15) is 10.1 Å². The van der Waals surface area contributed by atoms with Gasteiger partial charge in [-0.05, 0) is 75.8 Å². The van der Waals surface area contributed by atoms with E-state index in [4.69, 9.17) is 9.47 Å². The van der Waals surface area contributed by atoms with Crippen LogP contribution >= 0.6 is 0 Å². The zero-order valence-electron chi connectivity index (χ0n) is 21.0. The molecule has 7 heteroatoms. The number of ether oxygens (including phenoxy) is 2.